The Labute approximate surface area is 168 Å². The van der Waals surface area contributed by atoms with Gasteiger partial charge in [0.25, 0.3) is 5.91 Å². The van der Waals surface area contributed by atoms with Crippen molar-refractivity contribution in [2.75, 3.05) is 21.2 Å². The molecule has 1 amide bonds. The number of benzene rings is 1. The van der Waals surface area contributed by atoms with Gasteiger partial charge in [0.2, 0.25) is 10.0 Å². The second kappa shape index (κ2) is 8.41. The van der Waals surface area contributed by atoms with Gasteiger partial charge < -0.3 is 10.1 Å². The number of nitrogens with zero attached hydrogens (tertiary/aromatic N) is 3. The van der Waals surface area contributed by atoms with Crippen LogP contribution in [0, 0.1) is 0 Å². The Morgan fingerprint density at radius 2 is 2.03 bits per heavy atom. The Bertz CT molecular complexity index is 1110. The molecule has 0 spiro atoms. The number of rotatable bonds is 7. The zero-order valence-corrected chi connectivity index (χ0v) is 17.0. The van der Waals surface area contributed by atoms with Crippen molar-refractivity contribution in [2.45, 2.75) is 11.4 Å². The lowest BCUT2D eigenvalue weighted by Crippen LogP contribution is -2.23. The highest BCUT2D eigenvalue weighted by Crippen LogP contribution is 2.30. The summed E-state index contributed by atoms with van der Waals surface area (Å²) in [5.74, 6) is -0.102. The fourth-order valence-corrected chi connectivity index (χ4v) is 3.68. The van der Waals surface area contributed by atoms with E-state index in [4.69, 9.17) is 4.74 Å². The van der Waals surface area contributed by atoms with Crippen LogP contribution in [-0.2, 0) is 16.6 Å². The van der Waals surface area contributed by atoms with Crippen LogP contribution < -0.4 is 10.1 Å². The van der Waals surface area contributed by atoms with Crippen LogP contribution in [0.2, 0.25) is 0 Å². The van der Waals surface area contributed by atoms with Gasteiger partial charge in [-0.05, 0) is 35.9 Å². The number of hydrogen-bond acceptors (Lipinski definition) is 6. The first-order valence-electron chi connectivity index (χ1n) is 8.66. The average molecular weight is 415 g/mol. The van der Waals surface area contributed by atoms with E-state index >= 15 is 0 Å². The van der Waals surface area contributed by atoms with Crippen molar-refractivity contribution >= 4 is 15.9 Å². The van der Waals surface area contributed by atoms with Crippen molar-refractivity contribution in [1.82, 2.24) is 24.8 Å². The number of pyridine rings is 1. The fourth-order valence-electron chi connectivity index (χ4n) is 2.60. The summed E-state index contributed by atoms with van der Waals surface area (Å²) in [5.41, 5.74) is 2.11. The van der Waals surface area contributed by atoms with Crippen molar-refractivity contribution in [1.29, 1.82) is 0 Å². The first kappa shape index (κ1) is 20.5. The van der Waals surface area contributed by atoms with Crippen LogP contribution in [0.1, 0.15) is 16.1 Å². The summed E-state index contributed by atoms with van der Waals surface area (Å²) in [7, 11) is 0.582. The molecule has 0 aliphatic rings. The maximum atomic E-state index is 12.6. The maximum Gasteiger partial charge on any atom is 0.269 e. The lowest BCUT2D eigenvalue weighted by Gasteiger charge is -2.15. The van der Waals surface area contributed by atoms with Crippen LogP contribution in [-0.4, -0.2) is 55.0 Å². The summed E-state index contributed by atoms with van der Waals surface area (Å²) >= 11 is 0. The van der Waals surface area contributed by atoms with Gasteiger partial charge in [0.1, 0.15) is 16.3 Å². The predicted molar refractivity (Wildman–Crippen MR) is 107 cm³/mol. The van der Waals surface area contributed by atoms with E-state index in [0.717, 1.165) is 9.87 Å². The first-order chi connectivity index (χ1) is 13.8. The molecule has 0 aliphatic carbocycles. The van der Waals surface area contributed by atoms with Gasteiger partial charge in [0, 0.05) is 38.6 Å². The van der Waals surface area contributed by atoms with Crippen molar-refractivity contribution in [2.24, 2.45) is 0 Å². The van der Waals surface area contributed by atoms with E-state index in [2.05, 4.69) is 20.5 Å². The molecular formula is C19H21N5O4S. The van der Waals surface area contributed by atoms with Gasteiger partial charge in [0.15, 0.2) is 0 Å². The molecule has 10 heteroatoms. The Hall–Kier alpha value is -3.24. The van der Waals surface area contributed by atoms with Crippen LogP contribution in [0.4, 0.5) is 0 Å². The van der Waals surface area contributed by atoms with Gasteiger partial charge in [-0.25, -0.2) is 12.7 Å². The summed E-state index contributed by atoms with van der Waals surface area (Å²) in [6.07, 6.45) is 3.33. The third-order valence-corrected chi connectivity index (χ3v) is 6.05. The van der Waals surface area contributed by atoms with Gasteiger partial charge in [-0.15, -0.1) is 0 Å². The minimum Gasteiger partial charge on any atom is -0.495 e. The number of nitrogens with one attached hydrogen (secondary N) is 2. The number of H-pyrrole nitrogens is 1. The highest BCUT2D eigenvalue weighted by atomic mass is 32.2. The van der Waals surface area contributed by atoms with E-state index in [1.54, 1.807) is 36.7 Å². The molecule has 0 radical (unpaired) electrons. The monoisotopic (exact) mass is 415 g/mol. The standard InChI is InChI=1S/C19H21N5O4S/c1-24(2)29(26,27)18-9-14(6-7-17(18)28-3)15-10-16(23-22-15)19(25)21-12-13-5-4-8-20-11-13/h4-11H,12H2,1-3H3,(H,21,25)(H,22,23). The van der Waals surface area contributed by atoms with E-state index in [-0.39, 0.29) is 22.2 Å². The third-order valence-electron chi connectivity index (χ3n) is 4.22. The smallest absolute Gasteiger partial charge is 0.269 e. The number of aromatic amines is 1. The third kappa shape index (κ3) is 4.44. The molecule has 0 aliphatic heterocycles. The van der Waals surface area contributed by atoms with E-state index in [1.165, 1.54) is 27.3 Å². The zero-order valence-electron chi connectivity index (χ0n) is 16.2. The molecule has 0 saturated heterocycles. The molecule has 0 fully saturated rings. The first-order valence-corrected chi connectivity index (χ1v) is 10.1. The van der Waals surface area contributed by atoms with E-state index in [1.807, 2.05) is 6.07 Å². The summed E-state index contributed by atoms with van der Waals surface area (Å²) in [6, 6.07) is 9.92. The molecule has 2 heterocycles. The fraction of sp³-hybridized carbons (Fsp3) is 0.211. The Morgan fingerprint density at radius 3 is 2.69 bits per heavy atom. The Morgan fingerprint density at radius 1 is 1.24 bits per heavy atom. The van der Waals surface area contributed by atoms with Crippen LogP contribution in [0.5, 0.6) is 5.75 Å². The van der Waals surface area contributed by atoms with Crippen LogP contribution >= 0.6 is 0 Å². The minimum atomic E-state index is -3.71. The Balaban J connectivity index is 1.84. The van der Waals surface area contributed by atoms with E-state index < -0.39 is 10.0 Å². The molecule has 0 bridgehead atoms. The topological polar surface area (TPSA) is 117 Å². The summed E-state index contributed by atoms with van der Waals surface area (Å²) in [6.45, 7) is 0.328. The van der Waals surface area contributed by atoms with Gasteiger partial charge in [0.05, 0.1) is 12.8 Å². The van der Waals surface area contributed by atoms with Crippen molar-refractivity contribution in [3.63, 3.8) is 0 Å². The molecule has 0 saturated carbocycles. The largest absolute Gasteiger partial charge is 0.495 e. The molecule has 1 aromatic carbocycles. The molecule has 29 heavy (non-hydrogen) atoms. The average Bonchev–Trinajstić information content (AvgIpc) is 3.22. The number of amides is 1. The number of aromatic nitrogens is 3. The quantitative estimate of drug-likeness (QED) is 0.606. The highest BCUT2D eigenvalue weighted by molar-refractivity contribution is 7.89. The molecule has 2 N–H and O–H groups in total. The molecular weight excluding hydrogens is 394 g/mol. The number of ether oxygens (including phenoxy) is 1. The molecule has 0 atom stereocenters. The molecule has 0 unspecified atom stereocenters. The molecule has 3 rings (SSSR count). The van der Waals surface area contributed by atoms with Crippen LogP contribution in [0.3, 0.4) is 0 Å². The minimum absolute atomic E-state index is 0.0214. The van der Waals surface area contributed by atoms with Crippen LogP contribution in [0.25, 0.3) is 11.3 Å². The highest BCUT2D eigenvalue weighted by Gasteiger charge is 2.23. The number of sulfonamides is 1. The normalized spacial score (nSPS) is 11.4. The molecule has 152 valence electrons. The summed E-state index contributed by atoms with van der Waals surface area (Å²) in [5, 5.41) is 9.60. The molecule has 2 aromatic heterocycles. The molecule has 3 aromatic rings. The van der Waals surface area contributed by atoms with Crippen molar-refractivity contribution in [3.05, 3.63) is 60.0 Å². The van der Waals surface area contributed by atoms with Gasteiger partial charge in [-0.3, -0.25) is 14.9 Å². The zero-order chi connectivity index (χ0) is 21.0. The van der Waals surface area contributed by atoms with Gasteiger partial charge >= 0.3 is 0 Å². The Kier molecular flexibility index (Phi) is 5.95. The van der Waals surface area contributed by atoms with E-state index in [9.17, 15) is 13.2 Å². The predicted octanol–water partition coefficient (Wildman–Crippen LogP) is 1.66. The van der Waals surface area contributed by atoms with Crippen molar-refractivity contribution < 1.29 is 17.9 Å². The van der Waals surface area contributed by atoms with Crippen molar-refractivity contribution in [3.8, 4) is 17.0 Å². The molecule has 9 nitrogen and oxygen atoms in total. The maximum absolute atomic E-state index is 12.6. The lowest BCUT2D eigenvalue weighted by molar-refractivity contribution is 0.0946. The van der Waals surface area contributed by atoms with Gasteiger partial charge in [-0.2, -0.15) is 5.10 Å². The second-order valence-corrected chi connectivity index (χ2v) is 8.48. The second-order valence-electron chi connectivity index (χ2n) is 6.36. The number of carbonyl (C=O) groups excluding carboxylic acids is 1. The lowest BCUT2D eigenvalue weighted by atomic mass is 10.1. The number of carbonyl (C=O) groups is 1. The summed E-state index contributed by atoms with van der Waals surface area (Å²) < 4.78 is 31.4. The van der Waals surface area contributed by atoms with Crippen LogP contribution in [0.15, 0.2) is 53.7 Å². The summed E-state index contributed by atoms with van der Waals surface area (Å²) in [4.78, 5) is 16.4. The van der Waals surface area contributed by atoms with E-state index in [0.29, 0.717) is 17.8 Å². The number of methoxy groups -OCH3 is 1. The SMILES string of the molecule is COc1ccc(-c2cc(C(=O)NCc3cccnc3)[nH]n2)cc1S(=O)(=O)N(C)C. The van der Waals surface area contributed by atoms with Gasteiger partial charge in [-0.1, -0.05) is 6.07 Å². The number of hydrogen-bond donors (Lipinski definition) is 2.